The van der Waals surface area contributed by atoms with Crippen LogP contribution in [-0.2, 0) is 14.9 Å². The van der Waals surface area contributed by atoms with E-state index in [9.17, 15) is 28.6 Å². The zero-order valence-corrected chi connectivity index (χ0v) is 22.5. The zero-order valence-electron chi connectivity index (χ0n) is 18.6. The van der Waals surface area contributed by atoms with Crippen LogP contribution in [-0.4, -0.2) is 26.4 Å². The number of nitrogens with one attached hydrogen (secondary N) is 1. The highest BCUT2D eigenvalue weighted by Gasteiger charge is 2.23. The Balaban J connectivity index is 1.91. The minimum atomic E-state index is -4.39. The molecule has 0 aliphatic heterocycles. The van der Waals surface area contributed by atoms with Gasteiger partial charge < -0.3 is 14.2 Å². The van der Waals surface area contributed by atoms with E-state index in [1.54, 1.807) is 12.1 Å². The molecule has 0 atom stereocenters. The molecule has 0 fully saturated rings. The lowest BCUT2D eigenvalue weighted by atomic mass is 10.1. The first-order chi connectivity index (χ1) is 17.5. The first kappa shape index (κ1) is 27.9. The summed E-state index contributed by atoms with van der Waals surface area (Å²) in [7, 11) is -3.13. The molecule has 0 saturated heterocycles. The number of nitro groups is 1. The van der Waals surface area contributed by atoms with Crippen molar-refractivity contribution in [3.05, 3.63) is 90.4 Å². The number of hydrogen-bond donors (Lipinski definition) is 1. The van der Waals surface area contributed by atoms with Crippen molar-refractivity contribution in [3.63, 3.8) is 0 Å². The number of carbonyl (C=O) groups is 1. The smallest absolute Gasteiger partial charge is 0.339 e. The molecule has 10 nitrogen and oxygen atoms in total. The second kappa shape index (κ2) is 11.6. The summed E-state index contributed by atoms with van der Waals surface area (Å²) in [6.45, 7) is 0. The number of nitrogens with zero attached hydrogens (tertiary/aromatic N) is 2. The number of nitriles is 1. The van der Waals surface area contributed by atoms with Crippen LogP contribution in [0, 0.1) is 21.4 Å². The monoisotopic (exact) mass is 625 g/mol. The van der Waals surface area contributed by atoms with Crippen LogP contribution in [0.3, 0.4) is 0 Å². The van der Waals surface area contributed by atoms with Gasteiger partial charge in [-0.3, -0.25) is 14.9 Å². The molecule has 3 rings (SSSR count). The maximum absolute atomic E-state index is 12.7. The van der Waals surface area contributed by atoms with E-state index in [1.807, 2.05) is 0 Å². The number of ether oxygens (including phenoxy) is 1. The van der Waals surface area contributed by atoms with Crippen LogP contribution in [0.2, 0.25) is 10.0 Å². The fraction of sp³-hybridized carbons (Fsp3) is 0.0435. The third-order valence-corrected chi connectivity index (χ3v) is 7.30. The molecule has 0 unspecified atom stereocenters. The highest BCUT2D eigenvalue weighted by Crippen LogP contribution is 2.39. The molecular formula is C23H14BrCl2N3O7S. The SMILES string of the molecule is COc1cc(/C=C(\C#N)C(=O)Nc2cccc(Cl)c2Cl)cc(Br)c1OS(=O)(=O)c1ccc([N+](=O)[O-])cc1. The van der Waals surface area contributed by atoms with E-state index in [4.69, 9.17) is 32.1 Å². The van der Waals surface area contributed by atoms with Crippen molar-refractivity contribution in [3.8, 4) is 17.6 Å². The van der Waals surface area contributed by atoms with E-state index in [0.29, 0.717) is 5.56 Å². The van der Waals surface area contributed by atoms with Gasteiger partial charge in [-0.25, -0.2) is 0 Å². The number of rotatable bonds is 8. The van der Waals surface area contributed by atoms with E-state index in [1.165, 1.54) is 37.5 Å². The number of carbonyl (C=O) groups excluding carboxylic acids is 1. The molecule has 3 aromatic carbocycles. The molecule has 0 aliphatic rings. The van der Waals surface area contributed by atoms with Crippen LogP contribution in [0.15, 0.2) is 69.5 Å². The number of amides is 1. The van der Waals surface area contributed by atoms with E-state index in [0.717, 1.165) is 24.3 Å². The summed E-state index contributed by atoms with van der Waals surface area (Å²) in [5.41, 5.74) is -0.0760. The van der Waals surface area contributed by atoms with Crippen molar-refractivity contribution in [1.29, 1.82) is 5.26 Å². The van der Waals surface area contributed by atoms with Crippen molar-refractivity contribution in [1.82, 2.24) is 0 Å². The minimum absolute atomic E-state index is 0.0401. The number of hydrogen-bond acceptors (Lipinski definition) is 8. The summed E-state index contributed by atoms with van der Waals surface area (Å²) in [4.78, 5) is 22.5. The van der Waals surface area contributed by atoms with Crippen LogP contribution >= 0.6 is 39.1 Å². The molecule has 37 heavy (non-hydrogen) atoms. The van der Waals surface area contributed by atoms with Gasteiger partial charge in [-0.05, 0) is 64.0 Å². The number of non-ortho nitro benzene ring substituents is 1. The van der Waals surface area contributed by atoms with E-state index >= 15 is 0 Å². The fourth-order valence-corrected chi connectivity index (χ4v) is 4.85. The Bertz CT molecular complexity index is 1570. The van der Waals surface area contributed by atoms with Gasteiger partial charge in [0.1, 0.15) is 16.5 Å². The summed E-state index contributed by atoms with van der Waals surface area (Å²) >= 11 is 15.2. The van der Waals surface area contributed by atoms with E-state index in [2.05, 4.69) is 21.2 Å². The van der Waals surface area contributed by atoms with Crippen LogP contribution in [0.5, 0.6) is 11.5 Å². The van der Waals surface area contributed by atoms with Gasteiger partial charge in [-0.1, -0.05) is 29.3 Å². The predicted molar refractivity (Wildman–Crippen MR) is 140 cm³/mol. The summed E-state index contributed by atoms with van der Waals surface area (Å²) in [6.07, 6.45) is 1.25. The third kappa shape index (κ3) is 6.58. The molecule has 190 valence electrons. The summed E-state index contributed by atoms with van der Waals surface area (Å²) < 4.78 is 36.0. The number of methoxy groups -OCH3 is 1. The molecule has 3 aromatic rings. The second-order valence-electron chi connectivity index (χ2n) is 7.05. The van der Waals surface area contributed by atoms with Crippen LogP contribution < -0.4 is 14.2 Å². The topological polar surface area (TPSA) is 149 Å². The lowest BCUT2D eigenvalue weighted by molar-refractivity contribution is -0.384. The molecule has 0 aliphatic carbocycles. The van der Waals surface area contributed by atoms with Gasteiger partial charge in [0, 0.05) is 12.1 Å². The highest BCUT2D eigenvalue weighted by molar-refractivity contribution is 9.10. The largest absolute Gasteiger partial charge is 0.493 e. The first-order valence-electron chi connectivity index (χ1n) is 9.90. The Morgan fingerprint density at radius 2 is 1.86 bits per heavy atom. The van der Waals surface area contributed by atoms with Crippen molar-refractivity contribution >= 4 is 72.6 Å². The van der Waals surface area contributed by atoms with Gasteiger partial charge in [-0.2, -0.15) is 13.7 Å². The minimum Gasteiger partial charge on any atom is -0.493 e. The van der Waals surface area contributed by atoms with Crippen LogP contribution in [0.1, 0.15) is 5.56 Å². The van der Waals surface area contributed by atoms with E-state index < -0.39 is 20.9 Å². The van der Waals surface area contributed by atoms with Gasteiger partial charge >= 0.3 is 10.1 Å². The molecule has 0 saturated carbocycles. The number of halogens is 3. The predicted octanol–water partition coefficient (Wildman–Crippen LogP) is 5.99. The van der Waals surface area contributed by atoms with Crippen molar-refractivity contribution in [2.45, 2.75) is 4.90 Å². The lowest BCUT2D eigenvalue weighted by Gasteiger charge is -2.13. The first-order valence-corrected chi connectivity index (χ1v) is 12.9. The maximum Gasteiger partial charge on any atom is 0.339 e. The maximum atomic E-state index is 12.7. The molecule has 0 heterocycles. The van der Waals surface area contributed by atoms with Crippen molar-refractivity contribution < 1.29 is 27.1 Å². The fourth-order valence-electron chi connectivity index (χ4n) is 2.90. The molecule has 14 heteroatoms. The summed E-state index contributed by atoms with van der Waals surface area (Å²) in [5.74, 6) is -1.02. The molecule has 0 radical (unpaired) electrons. The third-order valence-electron chi connectivity index (χ3n) is 4.66. The molecule has 0 bridgehead atoms. The lowest BCUT2D eigenvalue weighted by Crippen LogP contribution is -2.14. The van der Waals surface area contributed by atoms with Crippen LogP contribution in [0.25, 0.3) is 6.08 Å². The second-order valence-corrected chi connectivity index (χ2v) is 10.2. The average molecular weight is 627 g/mol. The summed E-state index contributed by atoms with van der Waals surface area (Å²) in [6, 6.07) is 13.3. The summed E-state index contributed by atoms with van der Waals surface area (Å²) in [5, 5.41) is 23.2. The Labute approximate surface area is 229 Å². The van der Waals surface area contributed by atoms with Crippen molar-refractivity contribution in [2.24, 2.45) is 0 Å². The molecule has 1 N–H and O–H groups in total. The number of anilines is 1. The quantitative estimate of drug-likeness (QED) is 0.105. The highest BCUT2D eigenvalue weighted by atomic mass is 79.9. The van der Waals surface area contributed by atoms with Gasteiger partial charge in [0.25, 0.3) is 11.6 Å². The number of nitro benzene ring substituents is 1. The Hall–Kier alpha value is -3.63. The van der Waals surface area contributed by atoms with Crippen molar-refractivity contribution in [2.75, 3.05) is 12.4 Å². The van der Waals surface area contributed by atoms with E-state index in [-0.39, 0.29) is 47.9 Å². The number of benzene rings is 3. The Kier molecular flexibility index (Phi) is 8.77. The zero-order chi connectivity index (χ0) is 27.3. The van der Waals surface area contributed by atoms with Gasteiger partial charge in [0.2, 0.25) is 0 Å². The Morgan fingerprint density at radius 3 is 2.46 bits per heavy atom. The normalized spacial score (nSPS) is 11.4. The average Bonchev–Trinajstić information content (AvgIpc) is 2.86. The Morgan fingerprint density at radius 1 is 1.19 bits per heavy atom. The molecule has 0 spiro atoms. The molecular weight excluding hydrogens is 613 g/mol. The molecule has 1 amide bonds. The molecule has 0 aromatic heterocycles. The van der Waals surface area contributed by atoms with Gasteiger partial charge in [0.15, 0.2) is 11.5 Å². The van der Waals surface area contributed by atoms with Crippen LogP contribution in [0.4, 0.5) is 11.4 Å². The van der Waals surface area contributed by atoms with Gasteiger partial charge in [0.05, 0.1) is 32.2 Å². The standard InChI is InChI=1S/C23H14BrCl2N3O7S/c1-35-20-11-13(9-14(12-27)23(30)28-19-4-2-3-18(25)21(19)26)10-17(24)22(20)36-37(33,34)16-7-5-15(6-8-16)29(31)32/h2-11H,1H3,(H,28,30)/b14-9+. The van der Waals surface area contributed by atoms with Gasteiger partial charge in [-0.15, -0.1) is 0 Å².